The Balaban J connectivity index is 2.20. The second-order valence-corrected chi connectivity index (χ2v) is 5.62. The quantitative estimate of drug-likeness (QED) is 0.913. The average molecular weight is 360 g/mol. The lowest BCUT2D eigenvalue weighted by molar-refractivity contribution is 0.168. The van der Waals surface area contributed by atoms with Crippen molar-refractivity contribution in [1.29, 1.82) is 0 Å². The van der Waals surface area contributed by atoms with E-state index in [1.165, 1.54) is 0 Å². The van der Waals surface area contributed by atoms with E-state index in [0.29, 0.717) is 6.42 Å². The second kappa shape index (κ2) is 5.33. The highest BCUT2D eigenvalue weighted by Crippen LogP contribution is 2.26. The van der Waals surface area contributed by atoms with Crippen LogP contribution in [0.15, 0.2) is 39.4 Å². The summed E-state index contributed by atoms with van der Waals surface area (Å²) in [4.78, 5) is 0. The summed E-state index contributed by atoms with van der Waals surface area (Å²) in [7, 11) is 1.82. The summed E-state index contributed by atoms with van der Waals surface area (Å²) in [6, 6.07) is 7.94. The fourth-order valence-corrected chi connectivity index (χ4v) is 2.84. The van der Waals surface area contributed by atoms with Gasteiger partial charge in [-0.05, 0) is 33.6 Å². The lowest BCUT2D eigenvalue weighted by Gasteiger charge is -2.12. The summed E-state index contributed by atoms with van der Waals surface area (Å²) in [5, 5.41) is 14.3. The third kappa shape index (κ3) is 2.97. The van der Waals surface area contributed by atoms with Crippen molar-refractivity contribution in [3.8, 4) is 0 Å². The van der Waals surface area contributed by atoms with E-state index in [4.69, 9.17) is 0 Å². The molecule has 1 aromatic heterocycles. The molecule has 17 heavy (non-hydrogen) atoms. The fourth-order valence-electron chi connectivity index (χ4n) is 1.78. The van der Waals surface area contributed by atoms with E-state index < -0.39 is 6.10 Å². The van der Waals surface area contributed by atoms with Crippen molar-refractivity contribution in [3.63, 3.8) is 0 Å². The molecule has 0 amide bonds. The summed E-state index contributed by atoms with van der Waals surface area (Å²) >= 11 is 6.81. The monoisotopic (exact) mass is 358 g/mol. The molecule has 0 spiro atoms. The summed E-state index contributed by atoms with van der Waals surface area (Å²) in [6.07, 6.45) is 1.70. The van der Waals surface area contributed by atoms with Crippen molar-refractivity contribution in [2.24, 2.45) is 7.05 Å². The molecule has 1 unspecified atom stereocenters. The van der Waals surface area contributed by atoms with Crippen LogP contribution in [-0.4, -0.2) is 14.9 Å². The molecule has 2 aromatic rings. The maximum Gasteiger partial charge on any atom is 0.101 e. The molecule has 0 aliphatic heterocycles. The lowest BCUT2D eigenvalue weighted by atomic mass is 10.1. The zero-order valence-electron chi connectivity index (χ0n) is 9.27. The number of aromatic nitrogens is 2. The van der Waals surface area contributed by atoms with Crippen LogP contribution in [0.4, 0.5) is 0 Å². The van der Waals surface area contributed by atoms with Gasteiger partial charge in [-0.15, -0.1) is 0 Å². The number of hydrogen-bond acceptors (Lipinski definition) is 2. The standard InChI is InChI=1S/C12H12Br2N2O/c1-16-12(10(14)7-15-16)11(17)6-8-3-2-4-9(13)5-8/h2-5,7,11,17H,6H2,1H3. The number of aliphatic hydroxyl groups excluding tert-OH is 1. The van der Waals surface area contributed by atoms with E-state index in [0.717, 1.165) is 20.2 Å². The minimum Gasteiger partial charge on any atom is -0.386 e. The van der Waals surface area contributed by atoms with Gasteiger partial charge >= 0.3 is 0 Å². The molecule has 0 fully saturated rings. The van der Waals surface area contributed by atoms with E-state index in [-0.39, 0.29) is 0 Å². The first-order valence-electron chi connectivity index (χ1n) is 5.18. The first kappa shape index (κ1) is 12.8. The largest absolute Gasteiger partial charge is 0.386 e. The van der Waals surface area contributed by atoms with E-state index >= 15 is 0 Å². The molecule has 90 valence electrons. The van der Waals surface area contributed by atoms with E-state index in [2.05, 4.69) is 37.0 Å². The summed E-state index contributed by atoms with van der Waals surface area (Å²) in [5.41, 5.74) is 1.88. The highest BCUT2D eigenvalue weighted by Gasteiger charge is 2.16. The van der Waals surface area contributed by atoms with Crippen molar-refractivity contribution >= 4 is 31.9 Å². The van der Waals surface area contributed by atoms with Crippen LogP contribution >= 0.6 is 31.9 Å². The van der Waals surface area contributed by atoms with Gasteiger partial charge in [-0.25, -0.2) is 0 Å². The molecule has 0 aliphatic rings. The topological polar surface area (TPSA) is 38.0 Å². The number of aliphatic hydroxyl groups is 1. The summed E-state index contributed by atoms with van der Waals surface area (Å²) < 4.78 is 3.54. The van der Waals surface area contributed by atoms with Crippen LogP contribution in [-0.2, 0) is 13.5 Å². The fraction of sp³-hybridized carbons (Fsp3) is 0.250. The second-order valence-electron chi connectivity index (χ2n) is 3.85. The molecule has 0 saturated carbocycles. The first-order valence-corrected chi connectivity index (χ1v) is 6.76. The Morgan fingerprint density at radius 1 is 1.41 bits per heavy atom. The van der Waals surface area contributed by atoms with Gasteiger partial charge in [0.05, 0.1) is 16.4 Å². The van der Waals surface area contributed by atoms with Crippen LogP contribution in [0.5, 0.6) is 0 Å². The maximum atomic E-state index is 10.2. The van der Waals surface area contributed by atoms with Crippen molar-refractivity contribution < 1.29 is 5.11 Å². The zero-order valence-corrected chi connectivity index (χ0v) is 12.4. The molecule has 2 rings (SSSR count). The minimum atomic E-state index is -0.564. The molecule has 1 N–H and O–H groups in total. The molecule has 1 atom stereocenters. The number of hydrogen-bond donors (Lipinski definition) is 1. The Bertz CT molecular complexity index is 505. The minimum absolute atomic E-state index is 0.564. The molecular formula is C12H12Br2N2O. The van der Waals surface area contributed by atoms with Crippen molar-refractivity contribution in [2.75, 3.05) is 0 Å². The number of halogens is 2. The highest BCUT2D eigenvalue weighted by atomic mass is 79.9. The Kier molecular flexibility index (Phi) is 4.01. The molecule has 0 bridgehead atoms. The van der Waals surface area contributed by atoms with Gasteiger partial charge in [0.15, 0.2) is 0 Å². The van der Waals surface area contributed by atoms with Crippen molar-refractivity contribution in [1.82, 2.24) is 9.78 Å². The van der Waals surface area contributed by atoms with E-state index in [1.807, 2.05) is 31.3 Å². The predicted molar refractivity (Wildman–Crippen MR) is 73.7 cm³/mol. The normalized spacial score (nSPS) is 12.7. The molecule has 0 aliphatic carbocycles. The predicted octanol–water partition coefficient (Wildman–Crippen LogP) is 3.22. The van der Waals surface area contributed by atoms with Crippen LogP contribution in [0.2, 0.25) is 0 Å². The van der Waals surface area contributed by atoms with Gasteiger partial charge in [-0.1, -0.05) is 28.1 Å². The summed E-state index contributed by atoms with van der Waals surface area (Å²) in [6.45, 7) is 0. The van der Waals surface area contributed by atoms with Gasteiger partial charge in [-0.3, -0.25) is 4.68 Å². The van der Waals surface area contributed by atoms with Crippen LogP contribution < -0.4 is 0 Å². The number of benzene rings is 1. The smallest absolute Gasteiger partial charge is 0.101 e. The van der Waals surface area contributed by atoms with Crippen LogP contribution in [0, 0.1) is 0 Å². The molecule has 1 heterocycles. The maximum absolute atomic E-state index is 10.2. The highest BCUT2D eigenvalue weighted by molar-refractivity contribution is 9.10. The Morgan fingerprint density at radius 3 is 2.76 bits per heavy atom. The molecule has 0 saturated heterocycles. The molecular weight excluding hydrogens is 348 g/mol. The van der Waals surface area contributed by atoms with Gasteiger partial charge in [0.2, 0.25) is 0 Å². The van der Waals surface area contributed by atoms with Gasteiger partial charge < -0.3 is 5.11 Å². The number of nitrogens with zero attached hydrogens (tertiary/aromatic N) is 2. The average Bonchev–Trinajstić information content (AvgIpc) is 2.58. The Labute approximate surface area is 117 Å². The molecule has 5 heteroatoms. The van der Waals surface area contributed by atoms with Gasteiger partial charge in [0.25, 0.3) is 0 Å². The van der Waals surface area contributed by atoms with Gasteiger partial charge in [-0.2, -0.15) is 5.10 Å². The van der Waals surface area contributed by atoms with E-state index in [9.17, 15) is 5.11 Å². The van der Waals surface area contributed by atoms with Crippen LogP contribution in [0.1, 0.15) is 17.4 Å². The van der Waals surface area contributed by atoms with Crippen molar-refractivity contribution in [3.05, 3.63) is 50.7 Å². The van der Waals surface area contributed by atoms with E-state index in [1.54, 1.807) is 10.9 Å². The van der Waals surface area contributed by atoms with Crippen LogP contribution in [0.25, 0.3) is 0 Å². The number of aryl methyl sites for hydroxylation is 1. The first-order chi connectivity index (χ1) is 8.08. The van der Waals surface area contributed by atoms with Crippen molar-refractivity contribution in [2.45, 2.75) is 12.5 Å². The third-order valence-corrected chi connectivity index (χ3v) is 3.68. The Morgan fingerprint density at radius 2 is 2.18 bits per heavy atom. The third-order valence-electron chi connectivity index (χ3n) is 2.57. The SMILES string of the molecule is Cn1ncc(Br)c1C(O)Cc1cccc(Br)c1. The molecule has 0 radical (unpaired) electrons. The summed E-state index contributed by atoms with van der Waals surface area (Å²) in [5.74, 6) is 0. The Hall–Kier alpha value is -0.650. The number of rotatable bonds is 3. The van der Waals surface area contributed by atoms with Gasteiger partial charge in [0.1, 0.15) is 6.10 Å². The molecule has 1 aromatic carbocycles. The van der Waals surface area contributed by atoms with Crippen LogP contribution in [0.3, 0.4) is 0 Å². The van der Waals surface area contributed by atoms with Gasteiger partial charge in [0, 0.05) is 17.9 Å². The lowest BCUT2D eigenvalue weighted by Crippen LogP contribution is -2.08. The zero-order chi connectivity index (χ0) is 12.4. The molecule has 3 nitrogen and oxygen atoms in total.